The van der Waals surface area contributed by atoms with Gasteiger partial charge in [-0.1, -0.05) is 6.92 Å². The summed E-state index contributed by atoms with van der Waals surface area (Å²) < 4.78 is 1.85. The lowest BCUT2D eigenvalue weighted by molar-refractivity contribution is 0.525. The average Bonchev–Trinajstić information content (AvgIpc) is 2.81. The molecule has 4 nitrogen and oxygen atoms in total. The first-order chi connectivity index (χ1) is 9.20. The summed E-state index contributed by atoms with van der Waals surface area (Å²) in [6, 6.07) is 2.37. The molecule has 2 aromatic rings. The number of hydrogen-bond acceptors (Lipinski definition) is 3. The normalized spacial score (nSPS) is 12.6. The van der Waals surface area contributed by atoms with Crippen molar-refractivity contribution >= 4 is 0 Å². The number of pyridine rings is 1. The Morgan fingerprint density at radius 3 is 2.84 bits per heavy atom. The fraction of sp³-hybridized carbons (Fsp3) is 0.467. The smallest absolute Gasteiger partial charge is 0.0522 e. The first kappa shape index (κ1) is 13.7. The van der Waals surface area contributed by atoms with Crippen molar-refractivity contribution in [3.8, 4) is 0 Å². The molecule has 0 amide bonds. The van der Waals surface area contributed by atoms with E-state index >= 15 is 0 Å². The summed E-state index contributed by atoms with van der Waals surface area (Å²) in [4.78, 5) is 4.26. The third-order valence-electron chi connectivity index (χ3n) is 3.29. The van der Waals surface area contributed by atoms with E-state index in [9.17, 15) is 0 Å². The third-order valence-corrected chi connectivity index (χ3v) is 3.29. The van der Waals surface area contributed by atoms with E-state index < -0.39 is 0 Å². The minimum atomic E-state index is 0.304. The number of aromatic nitrogens is 3. The summed E-state index contributed by atoms with van der Waals surface area (Å²) in [7, 11) is 1.95. The standard InChI is InChI=1S/C15H22N4/c1-4-6-17-15(8-13-9-18-19(3)11-13)14-10-16-7-5-12(14)2/h5,7,9-11,15,17H,4,6,8H2,1-3H3. The van der Waals surface area contributed by atoms with Gasteiger partial charge in [0, 0.05) is 31.7 Å². The average molecular weight is 258 g/mol. The van der Waals surface area contributed by atoms with Gasteiger partial charge < -0.3 is 5.32 Å². The molecule has 1 N–H and O–H groups in total. The van der Waals surface area contributed by atoms with Crippen LogP contribution in [0.15, 0.2) is 30.9 Å². The topological polar surface area (TPSA) is 42.7 Å². The van der Waals surface area contributed by atoms with Crippen molar-refractivity contribution in [1.29, 1.82) is 0 Å². The maximum atomic E-state index is 4.26. The van der Waals surface area contributed by atoms with Gasteiger partial charge in [0.1, 0.15) is 0 Å². The highest BCUT2D eigenvalue weighted by atomic mass is 15.2. The van der Waals surface area contributed by atoms with Crippen LogP contribution in [-0.2, 0) is 13.5 Å². The highest BCUT2D eigenvalue weighted by molar-refractivity contribution is 5.26. The predicted octanol–water partition coefficient (Wildman–Crippen LogP) is 2.41. The maximum Gasteiger partial charge on any atom is 0.0522 e. The summed E-state index contributed by atoms with van der Waals surface area (Å²) >= 11 is 0. The second-order valence-electron chi connectivity index (χ2n) is 4.97. The number of hydrogen-bond donors (Lipinski definition) is 1. The van der Waals surface area contributed by atoms with Gasteiger partial charge in [-0.25, -0.2) is 0 Å². The molecule has 0 radical (unpaired) electrons. The quantitative estimate of drug-likeness (QED) is 0.865. The van der Waals surface area contributed by atoms with E-state index in [0.29, 0.717) is 6.04 Å². The molecule has 19 heavy (non-hydrogen) atoms. The SMILES string of the molecule is CCCNC(Cc1cnn(C)c1)c1cnccc1C. The predicted molar refractivity (Wildman–Crippen MR) is 76.9 cm³/mol. The lowest BCUT2D eigenvalue weighted by Gasteiger charge is -2.19. The Hall–Kier alpha value is -1.68. The summed E-state index contributed by atoms with van der Waals surface area (Å²) in [6.07, 6.45) is 9.90. The molecule has 2 aromatic heterocycles. The Labute approximate surface area is 114 Å². The van der Waals surface area contributed by atoms with Gasteiger partial charge in [-0.05, 0) is 49.1 Å². The van der Waals surface area contributed by atoms with Crippen molar-refractivity contribution in [1.82, 2.24) is 20.1 Å². The van der Waals surface area contributed by atoms with E-state index in [1.165, 1.54) is 16.7 Å². The monoisotopic (exact) mass is 258 g/mol. The lowest BCUT2D eigenvalue weighted by atomic mass is 9.98. The fourth-order valence-electron chi connectivity index (χ4n) is 2.26. The summed E-state index contributed by atoms with van der Waals surface area (Å²) in [5, 5.41) is 7.85. The molecule has 0 saturated carbocycles. The second kappa shape index (κ2) is 6.48. The number of rotatable bonds is 6. The zero-order valence-corrected chi connectivity index (χ0v) is 11.9. The van der Waals surface area contributed by atoms with E-state index in [1.807, 2.05) is 30.3 Å². The van der Waals surface area contributed by atoms with Crippen LogP contribution in [0.25, 0.3) is 0 Å². The Bertz CT molecular complexity index is 518. The van der Waals surface area contributed by atoms with Crippen molar-refractivity contribution in [2.75, 3.05) is 6.54 Å². The Kier molecular flexibility index (Phi) is 4.68. The molecule has 1 atom stereocenters. The lowest BCUT2D eigenvalue weighted by Crippen LogP contribution is -2.24. The molecule has 2 rings (SSSR count). The summed E-state index contributed by atoms with van der Waals surface area (Å²) in [6.45, 7) is 5.34. The molecule has 0 saturated heterocycles. The molecule has 1 unspecified atom stereocenters. The molecule has 102 valence electrons. The maximum absolute atomic E-state index is 4.26. The van der Waals surface area contributed by atoms with Gasteiger partial charge in [-0.15, -0.1) is 0 Å². The van der Waals surface area contributed by atoms with E-state index in [2.05, 4.69) is 41.5 Å². The molecule has 2 heterocycles. The molecule has 0 spiro atoms. The zero-order chi connectivity index (χ0) is 13.7. The van der Waals surface area contributed by atoms with Crippen molar-refractivity contribution in [3.63, 3.8) is 0 Å². The van der Waals surface area contributed by atoms with E-state index in [1.54, 1.807) is 0 Å². The molecule has 0 fully saturated rings. The molecule has 0 aromatic carbocycles. The van der Waals surface area contributed by atoms with Crippen LogP contribution >= 0.6 is 0 Å². The van der Waals surface area contributed by atoms with Crippen molar-refractivity contribution in [2.45, 2.75) is 32.7 Å². The van der Waals surface area contributed by atoms with Gasteiger partial charge >= 0.3 is 0 Å². The molecule has 0 aliphatic carbocycles. The van der Waals surface area contributed by atoms with Crippen molar-refractivity contribution < 1.29 is 0 Å². The Morgan fingerprint density at radius 2 is 2.21 bits per heavy atom. The number of nitrogens with zero attached hydrogens (tertiary/aromatic N) is 3. The van der Waals surface area contributed by atoms with Crippen LogP contribution in [0, 0.1) is 6.92 Å². The van der Waals surface area contributed by atoms with Crippen LogP contribution in [0.2, 0.25) is 0 Å². The second-order valence-corrected chi connectivity index (χ2v) is 4.97. The largest absolute Gasteiger partial charge is 0.310 e. The first-order valence-corrected chi connectivity index (χ1v) is 6.82. The van der Waals surface area contributed by atoms with Crippen molar-refractivity contribution in [3.05, 3.63) is 47.5 Å². The molecular formula is C15H22N4. The van der Waals surface area contributed by atoms with Gasteiger partial charge in [0.05, 0.1) is 6.20 Å². The van der Waals surface area contributed by atoms with Crippen LogP contribution in [-0.4, -0.2) is 21.3 Å². The van der Waals surface area contributed by atoms with Gasteiger partial charge in [-0.2, -0.15) is 5.10 Å². The van der Waals surface area contributed by atoms with Gasteiger partial charge in [0.2, 0.25) is 0 Å². The molecule has 4 heteroatoms. The molecular weight excluding hydrogens is 236 g/mol. The van der Waals surface area contributed by atoms with Gasteiger partial charge in [0.25, 0.3) is 0 Å². The minimum absolute atomic E-state index is 0.304. The van der Waals surface area contributed by atoms with Crippen LogP contribution < -0.4 is 5.32 Å². The number of aryl methyl sites for hydroxylation is 2. The van der Waals surface area contributed by atoms with Crippen LogP contribution in [0.4, 0.5) is 0 Å². The van der Waals surface area contributed by atoms with Gasteiger partial charge in [-0.3, -0.25) is 9.67 Å². The van der Waals surface area contributed by atoms with Crippen LogP contribution in [0.3, 0.4) is 0 Å². The van der Waals surface area contributed by atoms with Crippen LogP contribution in [0.5, 0.6) is 0 Å². The minimum Gasteiger partial charge on any atom is -0.310 e. The highest BCUT2D eigenvalue weighted by Gasteiger charge is 2.14. The van der Waals surface area contributed by atoms with E-state index in [0.717, 1.165) is 19.4 Å². The molecule has 0 bridgehead atoms. The van der Waals surface area contributed by atoms with E-state index in [4.69, 9.17) is 0 Å². The fourth-order valence-corrected chi connectivity index (χ4v) is 2.26. The zero-order valence-electron chi connectivity index (χ0n) is 11.9. The number of nitrogens with one attached hydrogen (secondary N) is 1. The highest BCUT2D eigenvalue weighted by Crippen LogP contribution is 2.20. The van der Waals surface area contributed by atoms with Crippen molar-refractivity contribution in [2.24, 2.45) is 7.05 Å². The Balaban J connectivity index is 2.18. The van der Waals surface area contributed by atoms with Crippen LogP contribution in [0.1, 0.15) is 36.1 Å². The molecule has 0 aliphatic heterocycles. The summed E-state index contributed by atoms with van der Waals surface area (Å²) in [5.41, 5.74) is 3.81. The van der Waals surface area contributed by atoms with Gasteiger partial charge in [0.15, 0.2) is 0 Å². The first-order valence-electron chi connectivity index (χ1n) is 6.82. The van der Waals surface area contributed by atoms with E-state index in [-0.39, 0.29) is 0 Å². The Morgan fingerprint density at radius 1 is 1.37 bits per heavy atom. The molecule has 0 aliphatic rings. The summed E-state index contributed by atoms with van der Waals surface area (Å²) in [5.74, 6) is 0. The third kappa shape index (κ3) is 3.64.